The van der Waals surface area contributed by atoms with Gasteiger partial charge in [-0.2, -0.15) is 9.89 Å². The number of rotatable bonds is 2. The third-order valence-corrected chi connectivity index (χ3v) is 4.87. The van der Waals surface area contributed by atoms with Gasteiger partial charge in [0.2, 0.25) is 0 Å². The normalized spacial score (nSPS) is 18.1. The second kappa shape index (κ2) is 5.09. The highest BCUT2D eigenvalue weighted by atomic mass is 79.9. The Morgan fingerprint density at radius 3 is 3.21 bits per heavy atom. The summed E-state index contributed by atoms with van der Waals surface area (Å²) >= 11 is 5.00. The fourth-order valence-electron chi connectivity index (χ4n) is 2.39. The Morgan fingerprint density at radius 1 is 1.63 bits per heavy atom. The lowest BCUT2D eigenvalue weighted by Crippen LogP contribution is -2.24. The molecule has 4 nitrogen and oxygen atoms in total. The zero-order chi connectivity index (χ0) is 13.4. The molecule has 1 aliphatic carbocycles. The van der Waals surface area contributed by atoms with Gasteiger partial charge in [-0.05, 0) is 46.7 Å². The van der Waals surface area contributed by atoms with Gasteiger partial charge in [-0.3, -0.25) is 4.79 Å². The van der Waals surface area contributed by atoms with E-state index in [2.05, 4.69) is 33.4 Å². The number of carbonyl (C=O) groups excluding carboxylic acids is 1. The van der Waals surface area contributed by atoms with Crippen molar-refractivity contribution >= 4 is 33.2 Å². The monoisotopic (exact) mass is 339 g/mol. The number of hydrogen-bond acceptors (Lipinski definition) is 3. The summed E-state index contributed by atoms with van der Waals surface area (Å²) < 4.78 is 0.842. The molecular weight excluding hydrogens is 326 g/mol. The third kappa shape index (κ3) is 2.60. The fraction of sp³-hybridized carbons (Fsp3) is 0.385. The van der Waals surface area contributed by atoms with Gasteiger partial charge in [-0.25, -0.2) is 5.43 Å². The Kier molecular flexibility index (Phi) is 3.45. The minimum Gasteiger partial charge on any atom is -0.267 e. The first-order chi connectivity index (χ1) is 9.13. The Hall–Kier alpha value is -1.14. The zero-order valence-corrected chi connectivity index (χ0v) is 12.9. The molecule has 0 radical (unpaired) electrons. The van der Waals surface area contributed by atoms with Crippen molar-refractivity contribution in [2.75, 3.05) is 5.43 Å². The quantitative estimate of drug-likeness (QED) is 0.913. The molecule has 2 aromatic rings. The summed E-state index contributed by atoms with van der Waals surface area (Å²) in [6.45, 7) is 2.27. The highest BCUT2D eigenvalue weighted by Crippen LogP contribution is 2.32. The molecule has 1 aliphatic rings. The summed E-state index contributed by atoms with van der Waals surface area (Å²) in [5.41, 5.74) is 4.80. The van der Waals surface area contributed by atoms with Crippen molar-refractivity contribution in [3.63, 3.8) is 0 Å². The second-order valence-electron chi connectivity index (χ2n) is 4.94. The second-order valence-corrected chi connectivity index (χ2v) is 6.82. The number of amides is 1. The number of aromatic nitrogens is 2. The highest BCUT2D eigenvalue weighted by Gasteiger charge is 2.23. The number of fused-ring (bicyclic) bond motifs is 1. The van der Waals surface area contributed by atoms with Crippen molar-refractivity contribution in [3.8, 4) is 0 Å². The summed E-state index contributed by atoms with van der Waals surface area (Å²) in [7, 11) is 0. The molecule has 0 bridgehead atoms. The Morgan fingerprint density at radius 2 is 2.47 bits per heavy atom. The van der Waals surface area contributed by atoms with E-state index in [4.69, 9.17) is 0 Å². The molecule has 6 heteroatoms. The van der Waals surface area contributed by atoms with E-state index in [1.807, 2.05) is 5.38 Å². The molecule has 0 aromatic carbocycles. The average molecular weight is 340 g/mol. The largest absolute Gasteiger partial charge is 0.272 e. The minimum absolute atomic E-state index is 0.0809. The van der Waals surface area contributed by atoms with Gasteiger partial charge in [0.05, 0.1) is 22.4 Å². The van der Waals surface area contributed by atoms with Crippen LogP contribution < -0.4 is 5.43 Å². The maximum Gasteiger partial charge on any atom is 0.272 e. The van der Waals surface area contributed by atoms with Crippen LogP contribution in [0.25, 0.3) is 0 Å². The van der Waals surface area contributed by atoms with Crippen molar-refractivity contribution in [1.82, 2.24) is 9.89 Å². The van der Waals surface area contributed by atoms with E-state index in [9.17, 15) is 4.79 Å². The van der Waals surface area contributed by atoms with E-state index >= 15 is 0 Å². The summed E-state index contributed by atoms with van der Waals surface area (Å²) in [5, 5.41) is 6.00. The third-order valence-electron chi connectivity index (χ3n) is 3.41. The zero-order valence-electron chi connectivity index (χ0n) is 10.5. The number of nitrogens with one attached hydrogen (secondary N) is 1. The van der Waals surface area contributed by atoms with Crippen LogP contribution in [-0.4, -0.2) is 15.8 Å². The van der Waals surface area contributed by atoms with Crippen LogP contribution in [0.5, 0.6) is 0 Å². The first-order valence-electron chi connectivity index (χ1n) is 6.24. The lowest BCUT2D eigenvalue weighted by molar-refractivity contribution is 0.100. The van der Waals surface area contributed by atoms with Crippen LogP contribution in [0.1, 0.15) is 34.1 Å². The predicted molar refractivity (Wildman–Crippen MR) is 79.1 cm³/mol. The summed E-state index contributed by atoms with van der Waals surface area (Å²) in [5.74, 6) is 0.645. The van der Waals surface area contributed by atoms with E-state index in [-0.39, 0.29) is 5.91 Å². The van der Waals surface area contributed by atoms with Crippen molar-refractivity contribution in [1.29, 1.82) is 0 Å². The Balaban J connectivity index is 1.81. The molecule has 1 amide bonds. The van der Waals surface area contributed by atoms with E-state index < -0.39 is 0 Å². The van der Waals surface area contributed by atoms with Crippen LogP contribution >= 0.6 is 27.3 Å². The van der Waals surface area contributed by atoms with Crippen molar-refractivity contribution < 1.29 is 4.79 Å². The van der Waals surface area contributed by atoms with Crippen molar-refractivity contribution in [2.45, 2.75) is 26.2 Å². The van der Waals surface area contributed by atoms with Crippen LogP contribution in [-0.2, 0) is 12.8 Å². The van der Waals surface area contributed by atoms with Gasteiger partial charge in [0.1, 0.15) is 0 Å². The lowest BCUT2D eigenvalue weighted by atomic mass is 9.88. The average Bonchev–Trinajstić information content (AvgIpc) is 2.95. The van der Waals surface area contributed by atoms with E-state index in [1.165, 1.54) is 15.2 Å². The van der Waals surface area contributed by atoms with Gasteiger partial charge in [0.15, 0.2) is 0 Å². The molecule has 1 atom stereocenters. The Bertz CT molecular complexity index is 619. The topological polar surface area (TPSA) is 46.9 Å². The molecule has 0 saturated heterocycles. The SMILES string of the molecule is CC1CCc2c(C(=O)Nn3cc(Br)cn3)csc2C1. The molecule has 0 spiro atoms. The first kappa shape index (κ1) is 12.9. The highest BCUT2D eigenvalue weighted by molar-refractivity contribution is 9.10. The van der Waals surface area contributed by atoms with Gasteiger partial charge >= 0.3 is 0 Å². The number of halogens is 1. The van der Waals surface area contributed by atoms with Gasteiger partial charge in [-0.15, -0.1) is 11.3 Å². The first-order valence-corrected chi connectivity index (χ1v) is 7.91. The minimum atomic E-state index is -0.0809. The summed E-state index contributed by atoms with van der Waals surface area (Å²) in [4.78, 5) is 15.1. The van der Waals surface area contributed by atoms with E-state index in [0.717, 1.165) is 35.2 Å². The van der Waals surface area contributed by atoms with Gasteiger partial charge in [0, 0.05) is 10.3 Å². The summed E-state index contributed by atoms with van der Waals surface area (Å²) in [6.07, 6.45) is 6.63. The number of hydrogen-bond donors (Lipinski definition) is 1. The molecule has 3 rings (SSSR count). The van der Waals surface area contributed by atoms with Crippen molar-refractivity contribution in [2.24, 2.45) is 5.92 Å². The van der Waals surface area contributed by atoms with Gasteiger partial charge in [0.25, 0.3) is 5.91 Å². The number of nitrogens with zero attached hydrogens (tertiary/aromatic N) is 2. The Labute approximate surface area is 123 Å². The maximum absolute atomic E-state index is 12.3. The number of thiophene rings is 1. The van der Waals surface area contributed by atoms with Gasteiger partial charge in [-0.1, -0.05) is 6.92 Å². The van der Waals surface area contributed by atoms with E-state index in [1.54, 1.807) is 23.7 Å². The molecule has 2 aromatic heterocycles. The maximum atomic E-state index is 12.3. The van der Waals surface area contributed by atoms with Crippen LogP contribution in [0.15, 0.2) is 22.2 Å². The molecule has 0 aliphatic heterocycles. The molecule has 19 heavy (non-hydrogen) atoms. The van der Waals surface area contributed by atoms with Crippen LogP contribution in [0.3, 0.4) is 0 Å². The van der Waals surface area contributed by atoms with Crippen LogP contribution in [0.4, 0.5) is 0 Å². The predicted octanol–water partition coefficient (Wildman–Crippen LogP) is 3.22. The van der Waals surface area contributed by atoms with Crippen LogP contribution in [0.2, 0.25) is 0 Å². The molecule has 1 unspecified atom stereocenters. The van der Waals surface area contributed by atoms with Gasteiger partial charge < -0.3 is 0 Å². The van der Waals surface area contributed by atoms with Crippen molar-refractivity contribution in [3.05, 3.63) is 38.3 Å². The lowest BCUT2D eigenvalue weighted by Gasteiger charge is -2.18. The fourth-order valence-corrected chi connectivity index (χ4v) is 3.92. The molecule has 1 N–H and O–H groups in total. The molecule has 2 heterocycles. The molecule has 100 valence electrons. The van der Waals surface area contributed by atoms with E-state index in [0.29, 0.717) is 0 Å². The number of carbonyl (C=O) groups is 1. The molecule has 0 saturated carbocycles. The van der Waals surface area contributed by atoms with Crippen LogP contribution in [0, 0.1) is 5.92 Å². The molecule has 0 fully saturated rings. The smallest absolute Gasteiger partial charge is 0.267 e. The summed E-state index contributed by atoms with van der Waals surface area (Å²) in [6, 6.07) is 0. The molecular formula is C13H14BrN3OS. The standard InChI is InChI=1S/C13H14BrN3OS/c1-8-2-3-10-11(7-19-12(10)4-8)13(18)16-17-6-9(14)5-15-17/h5-8H,2-4H2,1H3,(H,16,18).